The lowest BCUT2D eigenvalue weighted by atomic mass is 9.97. The number of alkyl halides is 3. The Labute approximate surface area is 111 Å². The largest absolute Gasteiger partial charge is 0.494 e. The van der Waals surface area contributed by atoms with Gasteiger partial charge in [-0.1, -0.05) is 6.07 Å². The predicted octanol–water partition coefficient (Wildman–Crippen LogP) is 3.47. The highest BCUT2D eigenvalue weighted by atomic mass is 19.4. The van der Waals surface area contributed by atoms with Crippen molar-refractivity contribution in [3.8, 4) is 5.75 Å². The number of hydrogen-bond donors (Lipinski definition) is 1. The fourth-order valence-electron chi connectivity index (χ4n) is 2.28. The van der Waals surface area contributed by atoms with Crippen LogP contribution < -0.4 is 10.1 Å². The molecule has 2 rings (SSSR count). The van der Waals surface area contributed by atoms with Crippen LogP contribution in [-0.4, -0.2) is 19.7 Å². The van der Waals surface area contributed by atoms with Gasteiger partial charge in [0.1, 0.15) is 5.75 Å². The van der Waals surface area contributed by atoms with Gasteiger partial charge in [-0.05, 0) is 56.5 Å². The molecule has 1 atom stereocenters. The van der Waals surface area contributed by atoms with E-state index in [0.717, 1.165) is 38.1 Å². The molecule has 19 heavy (non-hydrogen) atoms. The third kappa shape index (κ3) is 4.42. The number of rotatable bonds is 4. The molecule has 0 radical (unpaired) electrons. The van der Waals surface area contributed by atoms with E-state index in [4.69, 9.17) is 4.74 Å². The van der Waals surface area contributed by atoms with E-state index in [2.05, 4.69) is 5.32 Å². The van der Waals surface area contributed by atoms with Crippen LogP contribution in [0.15, 0.2) is 24.3 Å². The third-order valence-electron chi connectivity index (χ3n) is 3.36. The van der Waals surface area contributed by atoms with Crippen LogP contribution >= 0.6 is 0 Å². The summed E-state index contributed by atoms with van der Waals surface area (Å²) in [5, 5.41) is 3.31. The zero-order valence-electron chi connectivity index (χ0n) is 10.7. The zero-order chi connectivity index (χ0) is 13.7. The summed E-state index contributed by atoms with van der Waals surface area (Å²) in [5.41, 5.74) is -0.663. The van der Waals surface area contributed by atoms with Crippen LogP contribution in [0.4, 0.5) is 13.2 Å². The number of ether oxygens (including phenoxy) is 1. The maximum absolute atomic E-state index is 12.5. The van der Waals surface area contributed by atoms with Crippen molar-refractivity contribution in [2.24, 2.45) is 5.92 Å². The third-order valence-corrected chi connectivity index (χ3v) is 3.36. The molecule has 1 aromatic carbocycles. The normalized spacial score (nSPS) is 20.3. The molecule has 0 spiro atoms. The van der Waals surface area contributed by atoms with Gasteiger partial charge in [0, 0.05) is 0 Å². The van der Waals surface area contributed by atoms with Crippen LogP contribution in [-0.2, 0) is 6.18 Å². The average molecular weight is 273 g/mol. The highest BCUT2D eigenvalue weighted by Crippen LogP contribution is 2.31. The fraction of sp³-hybridized carbons (Fsp3) is 0.571. The average Bonchev–Trinajstić information content (AvgIpc) is 2.39. The molecule has 2 nitrogen and oxygen atoms in total. The number of nitrogens with one attached hydrogen (secondary N) is 1. The minimum absolute atomic E-state index is 0.290. The Balaban J connectivity index is 1.82. The van der Waals surface area contributed by atoms with Gasteiger partial charge in [0.15, 0.2) is 0 Å². The van der Waals surface area contributed by atoms with Crippen LogP contribution in [0.25, 0.3) is 0 Å². The fourth-order valence-corrected chi connectivity index (χ4v) is 2.28. The summed E-state index contributed by atoms with van der Waals surface area (Å²) in [4.78, 5) is 0. The van der Waals surface area contributed by atoms with Crippen molar-refractivity contribution >= 4 is 0 Å². The molecular formula is C14H18F3NO. The molecule has 106 valence electrons. The molecule has 1 saturated heterocycles. The first-order chi connectivity index (χ1) is 9.05. The number of piperidine rings is 1. The molecule has 1 aliphatic rings. The van der Waals surface area contributed by atoms with E-state index in [0.29, 0.717) is 18.3 Å². The second-order valence-electron chi connectivity index (χ2n) is 4.88. The van der Waals surface area contributed by atoms with Crippen LogP contribution in [0.2, 0.25) is 0 Å². The van der Waals surface area contributed by atoms with Crippen molar-refractivity contribution in [2.45, 2.75) is 25.4 Å². The molecule has 0 aliphatic carbocycles. The zero-order valence-corrected chi connectivity index (χ0v) is 10.7. The molecule has 0 aromatic heterocycles. The molecular weight excluding hydrogens is 255 g/mol. The lowest BCUT2D eigenvalue weighted by Gasteiger charge is -2.22. The summed E-state index contributed by atoms with van der Waals surface area (Å²) >= 11 is 0. The molecule has 1 aliphatic heterocycles. The highest BCUT2D eigenvalue weighted by molar-refractivity contribution is 5.30. The van der Waals surface area contributed by atoms with E-state index < -0.39 is 11.7 Å². The Hall–Kier alpha value is -1.23. The molecule has 0 amide bonds. The summed E-state index contributed by atoms with van der Waals surface area (Å²) < 4.78 is 43.0. The van der Waals surface area contributed by atoms with E-state index in [1.807, 2.05) is 0 Å². The number of halogens is 3. The Bertz CT molecular complexity index is 400. The van der Waals surface area contributed by atoms with Gasteiger partial charge in [0.05, 0.1) is 12.2 Å². The number of hydrogen-bond acceptors (Lipinski definition) is 2. The molecule has 1 unspecified atom stereocenters. The van der Waals surface area contributed by atoms with E-state index in [9.17, 15) is 13.2 Å². The molecule has 1 fully saturated rings. The van der Waals surface area contributed by atoms with Crippen molar-refractivity contribution in [3.05, 3.63) is 29.8 Å². The van der Waals surface area contributed by atoms with Crippen molar-refractivity contribution in [1.82, 2.24) is 5.32 Å². The monoisotopic (exact) mass is 273 g/mol. The van der Waals surface area contributed by atoms with Crippen molar-refractivity contribution in [3.63, 3.8) is 0 Å². The standard InChI is InChI=1S/C14H18F3NO/c15-14(16,17)12-4-1-5-13(9-12)19-8-6-11-3-2-7-18-10-11/h1,4-5,9,11,18H,2-3,6-8,10H2. The Kier molecular flexibility index (Phi) is 4.69. The van der Waals surface area contributed by atoms with Crippen molar-refractivity contribution in [2.75, 3.05) is 19.7 Å². The van der Waals surface area contributed by atoms with Crippen LogP contribution in [0.3, 0.4) is 0 Å². The maximum atomic E-state index is 12.5. The lowest BCUT2D eigenvalue weighted by Crippen LogP contribution is -2.30. The minimum Gasteiger partial charge on any atom is -0.494 e. The summed E-state index contributed by atoms with van der Waals surface area (Å²) in [6, 6.07) is 5.05. The first-order valence-corrected chi connectivity index (χ1v) is 6.56. The SMILES string of the molecule is FC(F)(F)c1cccc(OCCC2CCCNC2)c1. The van der Waals surface area contributed by atoms with E-state index in [-0.39, 0.29) is 0 Å². The second kappa shape index (κ2) is 6.28. The van der Waals surface area contributed by atoms with E-state index >= 15 is 0 Å². The van der Waals surface area contributed by atoms with Gasteiger partial charge in [-0.3, -0.25) is 0 Å². The molecule has 1 aromatic rings. The maximum Gasteiger partial charge on any atom is 0.416 e. The molecule has 0 saturated carbocycles. The second-order valence-corrected chi connectivity index (χ2v) is 4.88. The minimum atomic E-state index is -4.31. The summed E-state index contributed by atoms with van der Waals surface area (Å²) in [6.45, 7) is 2.50. The lowest BCUT2D eigenvalue weighted by molar-refractivity contribution is -0.137. The van der Waals surface area contributed by atoms with Gasteiger partial charge in [-0.15, -0.1) is 0 Å². The van der Waals surface area contributed by atoms with Gasteiger partial charge in [-0.25, -0.2) is 0 Å². The smallest absolute Gasteiger partial charge is 0.416 e. The van der Waals surface area contributed by atoms with Crippen LogP contribution in [0.1, 0.15) is 24.8 Å². The van der Waals surface area contributed by atoms with Crippen molar-refractivity contribution < 1.29 is 17.9 Å². The Morgan fingerprint density at radius 2 is 2.16 bits per heavy atom. The number of benzene rings is 1. The topological polar surface area (TPSA) is 21.3 Å². The van der Waals surface area contributed by atoms with Gasteiger partial charge in [-0.2, -0.15) is 13.2 Å². The molecule has 1 N–H and O–H groups in total. The highest BCUT2D eigenvalue weighted by Gasteiger charge is 2.30. The predicted molar refractivity (Wildman–Crippen MR) is 67.1 cm³/mol. The van der Waals surface area contributed by atoms with Crippen LogP contribution in [0, 0.1) is 5.92 Å². The summed E-state index contributed by atoms with van der Waals surface area (Å²) in [5.74, 6) is 0.859. The Morgan fingerprint density at radius 3 is 2.84 bits per heavy atom. The first kappa shape index (κ1) is 14.2. The first-order valence-electron chi connectivity index (χ1n) is 6.56. The Morgan fingerprint density at radius 1 is 1.32 bits per heavy atom. The molecule has 5 heteroatoms. The van der Waals surface area contributed by atoms with Gasteiger partial charge in [0.25, 0.3) is 0 Å². The van der Waals surface area contributed by atoms with Gasteiger partial charge < -0.3 is 10.1 Å². The van der Waals surface area contributed by atoms with Gasteiger partial charge in [0.2, 0.25) is 0 Å². The summed E-state index contributed by atoms with van der Waals surface area (Å²) in [7, 11) is 0. The van der Waals surface area contributed by atoms with E-state index in [1.54, 1.807) is 6.07 Å². The van der Waals surface area contributed by atoms with Crippen molar-refractivity contribution in [1.29, 1.82) is 0 Å². The quantitative estimate of drug-likeness (QED) is 0.907. The molecule has 0 bridgehead atoms. The van der Waals surface area contributed by atoms with Crippen LogP contribution in [0.5, 0.6) is 5.75 Å². The molecule has 1 heterocycles. The summed E-state index contributed by atoms with van der Waals surface area (Å²) in [6.07, 6.45) is -1.11. The van der Waals surface area contributed by atoms with Gasteiger partial charge >= 0.3 is 6.18 Å². The van der Waals surface area contributed by atoms with E-state index in [1.165, 1.54) is 12.5 Å².